The van der Waals surface area contributed by atoms with Gasteiger partial charge in [0.05, 0.1) is 10.4 Å². The number of amides is 1. The third-order valence-corrected chi connectivity index (χ3v) is 4.05. The number of para-hydroxylation sites is 1. The summed E-state index contributed by atoms with van der Waals surface area (Å²) in [6.07, 6.45) is 1.11. The van der Waals surface area contributed by atoms with Crippen LogP contribution in [0.3, 0.4) is 0 Å². The van der Waals surface area contributed by atoms with Crippen molar-refractivity contribution >= 4 is 32.7 Å². The van der Waals surface area contributed by atoms with Gasteiger partial charge in [-0.3, -0.25) is 4.79 Å². The predicted molar refractivity (Wildman–Crippen MR) is 80.5 cm³/mol. The van der Waals surface area contributed by atoms with Crippen LogP contribution in [-0.4, -0.2) is 36.2 Å². The van der Waals surface area contributed by atoms with E-state index in [9.17, 15) is 13.2 Å². The number of carbonyl (C=O) groups is 1. The van der Waals surface area contributed by atoms with Crippen LogP contribution in [-0.2, 0) is 21.2 Å². The number of hydrogen-bond acceptors (Lipinski definition) is 5. The average molecular weight is 310 g/mol. The van der Waals surface area contributed by atoms with E-state index in [1.165, 1.54) is 10.6 Å². The van der Waals surface area contributed by atoms with Crippen LogP contribution in [0, 0.1) is 0 Å². The zero-order valence-electron chi connectivity index (χ0n) is 12.1. The topological polar surface area (TPSA) is 107 Å². The first-order valence-electron chi connectivity index (χ1n) is 6.44. The maximum absolute atomic E-state index is 11.9. The number of aromatic nitrogens is 2. The Bertz CT molecular complexity index is 793. The fraction of sp³-hybridized carbons (Fsp3) is 0.385. The molecule has 0 fully saturated rings. The number of sulfone groups is 1. The molecule has 0 atom stereocenters. The lowest BCUT2D eigenvalue weighted by Gasteiger charge is -2.10. The summed E-state index contributed by atoms with van der Waals surface area (Å²) in [7, 11) is -3.41. The summed E-state index contributed by atoms with van der Waals surface area (Å²) in [5, 5.41) is 2.76. The number of rotatable bonds is 4. The van der Waals surface area contributed by atoms with Crippen LogP contribution in [0.5, 0.6) is 0 Å². The summed E-state index contributed by atoms with van der Waals surface area (Å²) < 4.78 is 25.0. The minimum absolute atomic E-state index is 0.00622. The Hall–Kier alpha value is -2.09. The molecule has 8 heteroatoms. The molecule has 2 rings (SSSR count). The van der Waals surface area contributed by atoms with Gasteiger partial charge in [-0.15, -0.1) is 0 Å². The second kappa shape index (κ2) is 5.36. The van der Waals surface area contributed by atoms with E-state index in [0.717, 1.165) is 6.26 Å². The molecule has 7 nitrogen and oxygen atoms in total. The molecule has 0 aliphatic rings. The lowest BCUT2D eigenvalue weighted by atomic mass is 10.3. The molecule has 0 aliphatic carbocycles. The lowest BCUT2D eigenvalue weighted by Crippen LogP contribution is -2.33. The number of hydrogen-bond donors (Lipinski definition) is 2. The minimum atomic E-state index is -3.41. The molecule has 0 spiro atoms. The third kappa shape index (κ3) is 3.15. The molecule has 3 N–H and O–H groups in total. The van der Waals surface area contributed by atoms with Gasteiger partial charge in [0.2, 0.25) is 11.9 Å². The van der Waals surface area contributed by atoms with Crippen molar-refractivity contribution in [1.82, 2.24) is 14.9 Å². The van der Waals surface area contributed by atoms with E-state index in [1.54, 1.807) is 12.1 Å². The van der Waals surface area contributed by atoms with Crippen molar-refractivity contribution < 1.29 is 13.2 Å². The second-order valence-electron chi connectivity index (χ2n) is 5.17. The van der Waals surface area contributed by atoms with Gasteiger partial charge in [-0.2, -0.15) is 0 Å². The Labute approximate surface area is 123 Å². The summed E-state index contributed by atoms with van der Waals surface area (Å²) in [6.45, 7) is 3.71. The Kier molecular flexibility index (Phi) is 3.91. The highest BCUT2D eigenvalue weighted by molar-refractivity contribution is 7.91. The highest BCUT2D eigenvalue weighted by Gasteiger charge is 2.18. The van der Waals surface area contributed by atoms with Gasteiger partial charge in [-0.1, -0.05) is 6.07 Å². The Morgan fingerprint density at radius 2 is 2.10 bits per heavy atom. The normalized spacial score (nSPS) is 12.0. The highest BCUT2D eigenvalue weighted by atomic mass is 32.2. The molecule has 0 aliphatic heterocycles. The smallest absolute Gasteiger partial charge is 0.240 e. The summed E-state index contributed by atoms with van der Waals surface area (Å²) >= 11 is 0. The van der Waals surface area contributed by atoms with Gasteiger partial charge >= 0.3 is 0 Å². The molecular formula is C13H18N4O3S. The van der Waals surface area contributed by atoms with Crippen LogP contribution < -0.4 is 11.1 Å². The summed E-state index contributed by atoms with van der Waals surface area (Å²) in [4.78, 5) is 16.1. The van der Waals surface area contributed by atoms with E-state index in [-0.39, 0.29) is 34.9 Å². The quantitative estimate of drug-likeness (QED) is 0.857. The van der Waals surface area contributed by atoms with Gasteiger partial charge in [0.15, 0.2) is 9.84 Å². The molecule has 0 saturated heterocycles. The van der Waals surface area contributed by atoms with Crippen LogP contribution in [0.1, 0.15) is 13.8 Å². The molecule has 1 aromatic heterocycles. The third-order valence-electron chi connectivity index (χ3n) is 2.92. The number of nitrogens with two attached hydrogens (primary N) is 1. The van der Waals surface area contributed by atoms with E-state index in [2.05, 4.69) is 10.3 Å². The largest absolute Gasteiger partial charge is 0.369 e. The minimum Gasteiger partial charge on any atom is -0.369 e. The Balaban J connectivity index is 2.52. The maximum atomic E-state index is 11.9. The van der Waals surface area contributed by atoms with E-state index < -0.39 is 9.84 Å². The van der Waals surface area contributed by atoms with Gasteiger partial charge in [-0.25, -0.2) is 13.4 Å². The van der Waals surface area contributed by atoms with Gasteiger partial charge in [0.25, 0.3) is 0 Å². The number of benzene rings is 1. The SMILES string of the molecule is CC(C)NC(=O)Cn1c(N)nc2c(S(C)(=O)=O)cccc21. The van der Waals surface area contributed by atoms with Gasteiger partial charge in [0, 0.05) is 12.3 Å². The molecule has 114 valence electrons. The number of imidazole rings is 1. The number of anilines is 1. The van der Waals surface area contributed by atoms with Crippen LogP contribution in [0.4, 0.5) is 5.95 Å². The van der Waals surface area contributed by atoms with E-state index in [4.69, 9.17) is 5.73 Å². The number of nitrogens with zero attached hydrogens (tertiary/aromatic N) is 2. The van der Waals surface area contributed by atoms with Crippen molar-refractivity contribution in [3.63, 3.8) is 0 Å². The number of nitrogen functional groups attached to an aromatic ring is 1. The zero-order valence-corrected chi connectivity index (χ0v) is 12.9. The second-order valence-corrected chi connectivity index (χ2v) is 7.16. The molecule has 1 aromatic carbocycles. The Morgan fingerprint density at radius 3 is 2.67 bits per heavy atom. The van der Waals surface area contributed by atoms with Crippen LogP contribution in [0.15, 0.2) is 23.1 Å². The Morgan fingerprint density at radius 1 is 1.43 bits per heavy atom. The molecule has 0 radical (unpaired) electrons. The lowest BCUT2D eigenvalue weighted by molar-refractivity contribution is -0.122. The highest BCUT2D eigenvalue weighted by Crippen LogP contribution is 2.24. The number of carbonyl (C=O) groups excluding carboxylic acids is 1. The maximum Gasteiger partial charge on any atom is 0.240 e. The molecule has 0 unspecified atom stereocenters. The van der Waals surface area contributed by atoms with Gasteiger partial charge < -0.3 is 15.6 Å². The summed E-state index contributed by atoms with van der Waals surface area (Å²) in [5.74, 6) is -0.0965. The van der Waals surface area contributed by atoms with E-state index in [1.807, 2.05) is 13.8 Å². The number of nitrogens with one attached hydrogen (secondary N) is 1. The molecular weight excluding hydrogens is 292 g/mol. The monoisotopic (exact) mass is 310 g/mol. The molecule has 1 heterocycles. The first kappa shape index (κ1) is 15.3. The molecule has 21 heavy (non-hydrogen) atoms. The predicted octanol–water partition coefficient (Wildman–Crippen LogP) is 0.547. The molecule has 0 saturated carbocycles. The fourth-order valence-corrected chi connectivity index (χ4v) is 2.94. The zero-order chi connectivity index (χ0) is 15.8. The van der Waals surface area contributed by atoms with E-state index >= 15 is 0 Å². The van der Waals surface area contributed by atoms with Crippen LogP contribution >= 0.6 is 0 Å². The van der Waals surface area contributed by atoms with Crippen LogP contribution in [0.25, 0.3) is 11.0 Å². The summed E-state index contributed by atoms with van der Waals surface area (Å²) in [5.41, 5.74) is 6.63. The summed E-state index contributed by atoms with van der Waals surface area (Å²) in [6, 6.07) is 4.79. The first-order valence-corrected chi connectivity index (χ1v) is 8.33. The van der Waals surface area contributed by atoms with Crippen LogP contribution in [0.2, 0.25) is 0 Å². The van der Waals surface area contributed by atoms with Crippen molar-refractivity contribution in [2.45, 2.75) is 31.3 Å². The number of fused-ring (bicyclic) bond motifs is 1. The fourth-order valence-electron chi connectivity index (χ4n) is 2.12. The van der Waals surface area contributed by atoms with Crippen molar-refractivity contribution in [2.75, 3.05) is 12.0 Å². The van der Waals surface area contributed by atoms with Crippen molar-refractivity contribution in [3.8, 4) is 0 Å². The molecule has 0 bridgehead atoms. The van der Waals surface area contributed by atoms with Gasteiger partial charge in [-0.05, 0) is 26.0 Å². The average Bonchev–Trinajstić information content (AvgIpc) is 2.63. The van der Waals surface area contributed by atoms with E-state index in [0.29, 0.717) is 5.52 Å². The molecule has 2 aromatic rings. The molecule has 1 amide bonds. The van der Waals surface area contributed by atoms with Gasteiger partial charge in [0.1, 0.15) is 12.1 Å². The standard InChI is InChI=1S/C13H18N4O3S/c1-8(2)15-11(18)7-17-9-5-4-6-10(21(3,19)20)12(9)16-13(17)14/h4-6,8H,7H2,1-3H3,(H2,14,16)(H,15,18). The van der Waals surface area contributed by atoms with Crippen molar-refractivity contribution in [2.24, 2.45) is 0 Å². The van der Waals surface area contributed by atoms with Crippen molar-refractivity contribution in [1.29, 1.82) is 0 Å². The first-order chi connectivity index (χ1) is 9.70. The van der Waals surface area contributed by atoms with Crippen molar-refractivity contribution in [3.05, 3.63) is 18.2 Å².